The maximum atomic E-state index is 14.0. The molecule has 0 atom stereocenters. The average Bonchev–Trinajstić information content (AvgIpc) is 3.32. The first kappa shape index (κ1) is 25.2. The third-order valence-electron chi connectivity index (χ3n) is 7.00. The molecule has 1 saturated carbocycles. The van der Waals surface area contributed by atoms with Gasteiger partial charge in [-0.15, -0.1) is 0 Å². The standard InChI is InChI=1S/C30H29FN4O3/c1-2-19-10-12-21(13-11-19)29(37)33-23-14-15-28(36)24(16-23)26-17-27(20-7-5-8-20)35(34-26)30(38)32-18-22-6-3-4-9-25(22)31/h3-4,6,9-17,20,36H,2,5,7-8,18H2,1H3,(H,32,38)(H,33,37). The zero-order valence-electron chi connectivity index (χ0n) is 21.1. The Bertz CT molecular complexity index is 1480. The number of aromatic hydroxyl groups is 1. The molecule has 0 spiro atoms. The lowest BCUT2D eigenvalue weighted by Crippen LogP contribution is -2.31. The van der Waals surface area contributed by atoms with Crippen molar-refractivity contribution in [3.63, 3.8) is 0 Å². The van der Waals surface area contributed by atoms with Crippen LogP contribution in [0.5, 0.6) is 5.75 Å². The molecule has 0 bridgehead atoms. The molecule has 0 aliphatic heterocycles. The van der Waals surface area contributed by atoms with Crippen molar-refractivity contribution in [3.8, 4) is 17.0 Å². The number of nitrogens with zero attached hydrogens (tertiary/aromatic N) is 2. The van der Waals surface area contributed by atoms with Gasteiger partial charge in [0.15, 0.2) is 0 Å². The second kappa shape index (κ2) is 10.9. The highest BCUT2D eigenvalue weighted by molar-refractivity contribution is 6.04. The quantitative estimate of drug-likeness (QED) is 0.256. The predicted molar refractivity (Wildman–Crippen MR) is 144 cm³/mol. The van der Waals surface area contributed by atoms with Crippen LogP contribution in [0.25, 0.3) is 11.3 Å². The minimum Gasteiger partial charge on any atom is -0.507 e. The number of phenols is 1. The number of benzene rings is 3. The molecule has 5 rings (SSSR count). The molecule has 8 heteroatoms. The fraction of sp³-hybridized carbons (Fsp3) is 0.233. The molecule has 3 aromatic carbocycles. The maximum absolute atomic E-state index is 14.0. The van der Waals surface area contributed by atoms with Crippen LogP contribution in [0.3, 0.4) is 0 Å². The SMILES string of the molecule is CCc1ccc(C(=O)Nc2ccc(O)c(-c3cc(C4CCC4)n(C(=O)NCc4ccccc4F)n3)c2)cc1. The van der Waals surface area contributed by atoms with Crippen molar-refractivity contribution >= 4 is 17.6 Å². The van der Waals surface area contributed by atoms with Gasteiger partial charge in [0.1, 0.15) is 11.6 Å². The van der Waals surface area contributed by atoms with Crippen LogP contribution < -0.4 is 10.6 Å². The highest BCUT2D eigenvalue weighted by atomic mass is 19.1. The van der Waals surface area contributed by atoms with Gasteiger partial charge in [-0.25, -0.2) is 9.18 Å². The van der Waals surface area contributed by atoms with E-state index in [0.29, 0.717) is 28.1 Å². The summed E-state index contributed by atoms with van der Waals surface area (Å²) in [5.74, 6) is -0.505. The minimum absolute atomic E-state index is 0.0214. The van der Waals surface area contributed by atoms with E-state index >= 15 is 0 Å². The van der Waals surface area contributed by atoms with E-state index in [2.05, 4.69) is 22.7 Å². The highest BCUT2D eigenvalue weighted by Crippen LogP contribution is 2.39. The van der Waals surface area contributed by atoms with E-state index in [0.717, 1.165) is 36.9 Å². The van der Waals surface area contributed by atoms with Gasteiger partial charge in [0.05, 0.1) is 11.4 Å². The molecule has 38 heavy (non-hydrogen) atoms. The summed E-state index contributed by atoms with van der Waals surface area (Å²) in [6.07, 6.45) is 3.82. The lowest BCUT2D eigenvalue weighted by molar-refractivity contribution is 0.102. The Balaban J connectivity index is 1.39. The van der Waals surface area contributed by atoms with Gasteiger partial charge < -0.3 is 15.7 Å². The molecule has 3 N–H and O–H groups in total. The van der Waals surface area contributed by atoms with Gasteiger partial charge in [0, 0.05) is 34.8 Å². The number of carbonyl (C=O) groups excluding carboxylic acids is 2. The molecule has 0 unspecified atom stereocenters. The zero-order valence-corrected chi connectivity index (χ0v) is 21.1. The second-order valence-corrected chi connectivity index (χ2v) is 9.48. The molecule has 1 aromatic heterocycles. The van der Waals surface area contributed by atoms with Gasteiger partial charge in [0.25, 0.3) is 5.91 Å². The number of hydrogen-bond acceptors (Lipinski definition) is 4. The number of hydrogen-bond donors (Lipinski definition) is 3. The van der Waals surface area contributed by atoms with Crippen molar-refractivity contribution < 1.29 is 19.1 Å². The Kier molecular flexibility index (Phi) is 7.22. The molecule has 1 aliphatic carbocycles. The molecule has 1 aliphatic rings. The molecule has 1 fully saturated rings. The summed E-state index contributed by atoms with van der Waals surface area (Å²) in [5, 5.41) is 20.8. The molecule has 194 valence electrons. The molecular formula is C30H29FN4O3. The van der Waals surface area contributed by atoms with E-state index < -0.39 is 11.8 Å². The monoisotopic (exact) mass is 512 g/mol. The Hall–Kier alpha value is -4.46. The van der Waals surface area contributed by atoms with Gasteiger partial charge in [-0.3, -0.25) is 4.79 Å². The zero-order chi connectivity index (χ0) is 26.6. The van der Waals surface area contributed by atoms with E-state index in [1.165, 1.54) is 16.8 Å². The number of anilines is 1. The molecule has 0 radical (unpaired) electrons. The first-order valence-electron chi connectivity index (χ1n) is 12.8. The van der Waals surface area contributed by atoms with Gasteiger partial charge >= 0.3 is 6.03 Å². The summed E-state index contributed by atoms with van der Waals surface area (Å²) in [6, 6.07) is 19.8. The van der Waals surface area contributed by atoms with Crippen molar-refractivity contribution in [1.82, 2.24) is 15.1 Å². The number of aromatic nitrogens is 2. The molecular weight excluding hydrogens is 483 g/mol. The summed E-state index contributed by atoms with van der Waals surface area (Å²) >= 11 is 0. The highest BCUT2D eigenvalue weighted by Gasteiger charge is 2.28. The van der Waals surface area contributed by atoms with Gasteiger partial charge in [-0.1, -0.05) is 43.7 Å². The molecule has 1 heterocycles. The van der Waals surface area contributed by atoms with Crippen molar-refractivity contribution in [2.75, 3.05) is 5.32 Å². The van der Waals surface area contributed by atoms with Crippen LogP contribution in [0.2, 0.25) is 0 Å². The van der Waals surface area contributed by atoms with E-state index in [4.69, 9.17) is 0 Å². The average molecular weight is 513 g/mol. The van der Waals surface area contributed by atoms with Crippen molar-refractivity contribution in [2.24, 2.45) is 0 Å². The van der Waals surface area contributed by atoms with Crippen molar-refractivity contribution in [2.45, 2.75) is 45.1 Å². The summed E-state index contributed by atoms with van der Waals surface area (Å²) in [7, 11) is 0. The predicted octanol–water partition coefficient (Wildman–Crippen LogP) is 6.23. The number of aryl methyl sites for hydroxylation is 1. The summed E-state index contributed by atoms with van der Waals surface area (Å²) in [4.78, 5) is 25.9. The minimum atomic E-state index is -0.471. The maximum Gasteiger partial charge on any atom is 0.342 e. The topological polar surface area (TPSA) is 96.2 Å². The Morgan fingerprint density at radius 1 is 1.05 bits per heavy atom. The van der Waals surface area contributed by atoms with E-state index in [9.17, 15) is 19.1 Å². The number of phenolic OH excluding ortho intramolecular Hbond substituents is 1. The number of amides is 2. The Labute approximate surface area is 220 Å². The number of rotatable bonds is 7. The van der Waals surface area contributed by atoms with E-state index in [1.807, 2.05) is 12.1 Å². The number of nitrogens with one attached hydrogen (secondary N) is 2. The third kappa shape index (κ3) is 5.29. The van der Waals surface area contributed by atoms with Gasteiger partial charge in [0.2, 0.25) is 0 Å². The van der Waals surface area contributed by atoms with Crippen LogP contribution in [0.4, 0.5) is 14.9 Å². The Morgan fingerprint density at radius 3 is 2.50 bits per heavy atom. The van der Waals surface area contributed by atoms with Gasteiger partial charge in [-0.05, 0) is 67.3 Å². The largest absolute Gasteiger partial charge is 0.507 e. The second-order valence-electron chi connectivity index (χ2n) is 9.48. The summed E-state index contributed by atoms with van der Waals surface area (Å²) < 4.78 is 15.3. The first-order valence-corrected chi connectivity index (χ1v) is 12.8. The fourth-order valence-corrected chi connectivity index (χ4v) is 4.49. The fourth-order valence-electron chi connectivity index (χ4n) is 4.49. The molecule has 0 saturated heterocycles. The molecule has 7 nitrogen and oxygen atoms in total. The summed E-state index contributed by atoms with van der Waals surface area (Å²) in [6.45, 7) is 2.08. The van der Waals surface area contributed by atoms with Crippen LogP contribution in [0.15, 0.2) is 72.8 Å². The van der Waals surface area contributed by atoms with Crippen molar-refractivity contribution in [1.29, 1.82) is 0 Å². The lowest BCUT2D eigenvalue weighted by atomic mass is 9.82. The first-order chi connectivity index (χ1) is 18.4. The lowest BCUT2D eigenvalue weighted by Gasteiger charge is -2.25. The number of carbonyl (C=O) groups is 2. The van der Waals surface area contributed by atoms with Crippen LogP contribution in [-0.2, 0) is 13.0 Å². The van der Waals surface area contributed by atoms with Gasteiger partial charge in [-0.2, -0.15) is 9.78 Å². The molecule has 4 aromatic rings. The Morgan fingerprint density at radius 2 is 1.82 bits per heavy atom. The third-order valence-corrected chi connectivity index (χ3v) is 7.00. The van der Waals surface area contributed by atoms with Crippen LogP contribution in [0.1, 0.15) is 59.3 Å². The van der Waals surface area contributed by atoms with E-state index in [1.54, 1.807) is 48.5 Å². The van der Waals surface area contributed by atoms with Crippen LogP contribution in [0, 0.1) is 5.82 Å². The summed E-state index contributed by atoms with van der Waals surface area (Å²) in [5.41, 5.74) is 4.08. The van der Waals surface area contributed by atoms with Crippen LogP contribution >= 0.6 is 0 Å². The smallest absolute Gasteiger partial charge is 0.342 e. The van der Waals surface area contributed by atoms with E-state index in [-0.39, 0.29) is 24.1 Å². The van der Waals surface area contributed by atoms with Crippen LogP contribution in [-0.4, -0.2) is 26.8 Å². The number of halogens is 1. The normalized spacial score (nSPS) is 13.1. The van der Waals surface area contributed by atoms with Crippen molar-refractivity contribution in [3.05, 3.63) is 101 Å². The molecule has 2 amide bonds.